The molecule has 2 aromatic rings. The van der Waals surface area contributed by atoms with Crippen LogP contribution in [0.3, 0.4) is 0 Å². The Morgan fingerprint density at radius 3 is 2.65 bits per heavy atom. The van der Waals surface area contributed by atoms with Crippen molar-refractivity contribution in [2.45, 2.75) is 19.3 Å². The molecule has 0 unspecified atom stereocenters. The smallest absolute Gasteiger partial charge is 0.234 e. The molecule has 1 N–H and O–H groups in total. The lowest BCUT2D eigenvalue weighted by Crippen LogP contribution is -2.34. The number of fused-ring (bicyclic) bond motifs is 1. The van der Waals surface area contributed by atoms with Gasteiger partial charge in [0, 0.05) is 0 Å². The lowest BCUT2D eigenvalue weighted by atomic mass is 9.83. The van der Waals surface area contributed by atoms with E-state index in [0.717, 1.165) is 5.56 Å². The lowest BCUT2D eigenvalue weighted by Gasteiger charge is -2.24. The van der Waals surface area contributed by atoms with Crippen LogP contribution in [0.2, 0.25) is 10.0 Å². The summed E-state index contributed by atoms with van der Waals surface area (Å²) in [6.07, 6.45) is 0. The molecule has 1 aliphatic heterocycles. The van der Waals surface area contributed by atoms with Gasteiger partial charge in [0.2, 0.25) is 12.7 Å². The Morgan fingerprint density at radius 2 is 1.87 bits per heavy atom. The van der Waals surface area contributed by atoms with Crippen LogP contribution in [0.1, 0.15) is 19.4 Å². The van der Waals surface area contributed by atoms with Crippen LogP contribution in [-0.4, -0.2) is 12.7 Å². The summed E-state index contributed by atoms with van der Waals surface area (Å²) in [5, 5.41) is 3.55. The molecule has 0 saturated carbocycles. The zero-order valence-corrected chi connectivity index (χ0v) is 14.2. The maximum Gasteiger partial charge on any atom is 0.234 e. The predicted molar refractivity (Wildman–Crippen MR) is 90.7 cm³/mol. The van der Waals surface area contributed by atoms with Crippen LogP contribution in [0, 0.1) is 0 Å². The van der Waals surface area contributed by atoms with Gasteiger partial charge in [-0.25, -0.2) is 0 Å². The zero-order chi connectivity index (χ0) is 16.6. The minimum Gasteiger partial charge on any atom is -0.454 e. The SMILES string of the molecule is CC(C)(C(=O)Nc1cccc(Cl)c1Cl)c1ccc2c(c1)OCO2. The van der Waals surface area contributed by atoms with Gasteiger partial charge < -0.3 is 14.8 Å². The van der Waals surface area contributed by atoms with Gasteiger partial charge in [-0.3, -0.25) is 4.79 Å². The van der Waals surface area contributed by atoms with Gasteiger partial charge in [0.15, 0.2) is 11.5 Å². The molecule has 1 heterocycles. The fraction of sp³-hybridized carbons (Fsp3) is 0.235. The summed E-state index contributed by atoms with van der Waals surface area (Å²) in [6, 6.07) is 10.6. The summed E-state index contributed by atoms with van der Waals surface area (Å²) >= 11 is 12.1. The van der Waals surface area contributed by atoms with E-state index in [9.17, 15) is 4.79 Å². The number of carbonyl (C=O) groups is 1. The van der Waals surface area contributed by atoms with Gasteiger partial charge in [0.25, 0.3) is 0 Å². The summed E-state index contributed by atoms with van der Waals surface area (Å²) in [5.74, 6) is 1.13. The van der Waals surface area contributed by atoms with Crippen LogP contribution in [0.15, 0.2) is 36.4 Å². The van der Waals surface area contributed by atoms with Crippen LogP contribution < -0.4 is 14.8 Å². The van der Waals surface area contributed by atoms with Gasteiger partial charge in [0.05, 0.1) is 21.1 Å². The molecule has 120 valence electrons. The van der Waals surface area contributed by atoms with E-state index in [1.807, 2.05) is 26.0 Å². The van der Waals surface area contributed by atoms with Crippen molar-refractivity contribution in [3.63, 3.8) is 0 Å². The molecule has 0 radical (unpaired) electrons. The summed E-state index contributed by atoms with van der Waals surface area (Å²) < 4.78 is 10.7. The Hall–Kier alpha value is -1.91. The monoisotopic (exact) mass is 351 g/mol. The Bertz CT molecular complexity index is 774. The molecule has 0 spiro atoms. The maximum atomic E-state index is 12.7. The normalized spacial score (nSPS) is 13.0. The molecular weight excluding hydrogens is 337 g/mol. The van der Waals surface area contributed by atoms with E-state index in [1.165, 1.54) is 0 Å². The van der Waals surface area contributed by atoms with Crippen LogP contribution in [-0.2, 0) is 10.2 Å². The van der Waals surface area contributed by atoms with Crippen molar-refractivity contribution < 1.29 is 14.3 Å². The van der Waals surface area contributed by atoms with Crippen LogP contribution in [0.25, 0.3) is 0 Å². The summed E-state index contributed by atoms with van der Waals surface area (Å²) in [7, 11) is 0. The molecule has 0 aromatic heterocycles. The van der Waals surface area contributed by atoms with Gasteiger partial charge in [-0.1, -0.05) is 35.3 Å². The predicted octanol–water partition coefficient (Wildman–Crippen LogP) is 4.64. The average Bonchev–Trinajstić information content (AvgIpc) is 2.99. The standard InChI is InChI=1S/C17H15Cl2NO3/c1-17(2,10-6-7-13-14(8-10)23-9-22-13)16(21)20-12-5-3-4-11(18)15(12)19/h3-8H,9H2,1-2H3,(H,20,21). The first kappa shape index (κ1) is 16.0. The third kappa shape index (κ3) is 2.96. The van der Waals surface area contributed by atoms with Gasteiger partial charge in [-0.15, -0.1) is 0 Å². The highest BCUT2D eigenvalue weighted by atomic mass is 35.5. The van der Waals surface area contributed by atoms with E-state index in [4.69, 9.17) is 32.7 Å². The number of ether oxygens (including phenoxy) is 2. The number of nitrogens with one attached hydrogen (secondary N) is 1. The second-order valence-electron chi connectivity index (χ2n) is 5.75. The van der Waals surface area contributed by atoms with E-state index in [1.54, 1.807) is 24.3 Å². The zero-order valence-electron chi connectivity index (χ0n) is 12.7. The number of hydrogen-bond donors (Lipinski definition) is 1. The van der Waals surface area contributed by atoms with Gasteiger partial charge in [0.1, 0.15) is 0 Å². The van der Waals surface area contributed by atoms with Crippen LogP contribution >= 0.6 is 23.2 Å². The minimum atomic E-state index is -0.785. The molecule has 2 aromatic carbocycles. The van der Waals surface area contributed by atoms with Crippen LogP contribution in [0.5, 0.6) is 11.5 Å². The first-order valence-electron chi connectivity index (χ1n) is 7.05. The van der Waals surface area contributed by atoms with E-state index in [2.05, 4.69) is 5.32 Å². The fourth-order valence-corrected chi connectivity index (χ4v) is 2.64. The molecule has 1 amide bonds. The largest absolute Gasteiger partial charge is 0.454 e. The Labute approximate surface area is 144 Å². The van der Waals surface area contributed by atoms with Crippen molar-refractivity contribution in [1.82, 2.24) is 0 Å². The van der Waals surface area contributed by atoms with Crippen molar-refractivity contribution >= 4 is 34.8 Å². The molecule has 0 atom stereocenters. The van der Waals surface area contributed by atoms with Gasteiger partial charge in [-0.05, 0) is 43.7 Å². The minimum absolute atomic E-state index is 0.194. The quantitative estimate of drug-likeness (QED) is 0.876. The molecule has 0 fully saturated rings. The second kappa shape index (κ2) is 5.95. The number of hydrogen-bond acceptors (Lipinski definition) is 3. The molecule has 0 bridgehead atoms. The van der Waals surface area contributed by atoms with Crippen molar-refractivity contribution in [2.24, 2.45) is 0 Å². The third-order valence-corrected chi connectivity index (χ3v) is 4.68. The Balaban J connectivity index is 1.87. The molecule has 23 heavy (non-hydrogen) atoms. The Morgan fingerprint density at radius 1 is 1.13 bits per heavy atom. The highest BCUT2D eigenvalue weighted by Gasteiger charge is 2.32. The van der Waals surface area contributed by atoms with E-state index < -0.39 is 5.41 Å². The topological polar surface area (TPSA) is 47.6 Å². The number of halogens is 2. The first-order chi connectivity index (χ1) is 10.9. The number of rotatable bonds is 3. The molecule has 0 aliphatic carbocycles. The molecule has 4 nitrogen and oxygen atoms in total. The second-order valence-corrected chi connectivity index (χ2v) is 6.53. The van der Waals surface area contributed by atoms with E-state index >= 15 is 0 Å². The summed E-state index contributed by atoms with van der Waals surface area (Å²) in [4.78, 5) is 12.7. The fourth-order valence-electron chi connectivity index (χ4n) is 2.30. The van der Waals surface area contributed by atoms with Crippen molar-refractivity contribution in [3.8, 4) is 11.5 Å². The van der Waals surface area contributed by atoms with Crippen molar-refractivity contribution in [1.29, 1.82) is 0 Å². The number of carbonyl (C=O) groups excluding carboxylic acids is 1. The molecular formula is C17H15Cl2NO3. The van der Waals surface area contributed by atoms with Crippen LogP contribution in [0.4, 0.5) is 5.69 Å². The highest BCUT2D eigenvalue weighted by Crippen LogP contribution is 2.37. The summed E-state index contributed by atoms with van der Waals surface area (Å²) in [6.45, 7) is 3.86. The first-order valence-corrected chi connectivity index (χ1v) is 7.81. The molecule has 3 rings (SSSR count). The number of anilines is 1. The summed E-state index contributed by atoms with van der Waals surface area (Å²) in [5.41, 5.74) is 0.516. The van der Waals surface area contributed by atoms with E-state index in [-0.39, 0.29) is 12.7 Å². The maximum absolute atomic E-state index is 12.7. The Kier molecular flexibility index (Phi) is 4.13. The molecule has 0 saturated heterocycles. The van der Waals surface area contributed by atoms with Crippen molar-refractivity contribution in [3.05, 3.63) is 52.0 Å². The van der Waals surface area contributed by atoms with Crippen molar-refractivity contribution in [2.75, 3.05) is 12.1 Å². The third-order valence-electron chi connectivity index (χ3n) is 3.86. The van der Waals surface area contributed by atoms with Gasteiger partial charge >= 0.3 is 0 Å². The average molecular weight is 352 g/mol. The number of amides is 1. The van der Waals surface area contributed by atoms with E-state index in [0.29, 0.717) is 27.2 Å². The molecule has 1 aliphatic rings. The highest BCUT2D eigenvalue weighted by molar-refractivity contribution is 6.44. The number of benzene rings is 2. The lowest BCUT2D eigenvalue weighted by molar-refractivity contribution is -0.120. The van der Waals surface area contributed by atoms with Gasteiger partial charge in [-0.2, -0.15) is 0 Å². The molecule has 6 heteroatoms.